The Balaban J connectivity index is 1.34. The molecule has 9 heteroatoms. The van der Waals surface area contributed by atoms with Gasteiger partial charge in [0, 0.05) is 31.6 Å². The maximum Gasteiger partial charge on any atom is 0.319 e. The summed E-state index contributed by atoms with van der Waals surface area (Å²) in [5.41, 5.74) is 7.67. The highest BCUT2D eigenvalue weighted by Gasteiger charge is 2.50. The number of urea groups is 1. The minimum Gasteiger partial charge on any atom is -0.374 e. The molecule has 1 spiro atoms. The average molecular weight is 535 g/mol. The van der Waals surface area contributed by atoms with Crippen molar-refractivity contribution in [2.24, 2.45) is 11.1 Å². The Morgan fingerprint density at radius 3 is 2.51 bits per heavy atom. The Labute approximate surface area is 230 Å². The Morgan fingerprint density at radius 1 is 1.05 bits per heavy atom. The minimum absolute atomic E-state index is 0.0743. The van der Waals surface area contributed by atoms with Gasteiger partial charge in [-0.25, -0.2) is 4.79 Å². The number of nitrogens with zero attached hydrogens (tertiary/aromatic N) is 2. The predicted molar refractivity (Wildman–Crippen MR) is 148 cm³/mol. The van der Waals surface area contributed by atoms with Gasteiger partial charge >= 0.3 is 6.03 Å². The summed E-state index contributed by atoms with van der Waals surface area (Å²) in [5, 5.41) is 5.29. The SMILES string of the molecule is CC1(C(=O)N[C@H](COCc2ccccc2)C(=O)N2CCCC3(Cc4ccccc4N3C(N)=O)C2)CC[NH2+]CC1. The number of likely N-dealkylation sites (tertiary alicyclic amines) is 1. The molecule has 1 unspecified atom stereocenters. The summed E-state index contributed by atoms with van der Waals surface area (Å²) in [6, 6.07) is 16.3. The Morgan fingerprint density at radius 2 is 1.77 bits per heavy atom. The zero-order valence-corrected chi connectivity index (χ0v) is 22.7. The summed E-state index contributed by atoms with van der Waals surface area (Å²) in [7, 11) is 0. The summed E-state index contributed by atoms with van der Waals surface area (Å²) < 4.78 is 5.99. The third-order valence-electron chi connectivity index (χ3n) is 8.66. The van der Waals surface area contributed by atoms with Crippen LogP contribution in [0.1, 0.15) is 43.7 Å². The van der Waals surface area contributed by atoms with E-state index in [1.807, 2.05) is 61.5 Å². The number of amides is 4. The summed E-state index contributed by atoms with van der Waals surface area (Å²) in [6.45, 7) is 5.11. The molecule has 4 amide bonds. The fourth-order valence-corrected chi connectivity index (χ4v) is 6.48. The highest BCUT2D eigenvalue weighted by molar-refractivity contribution is 5.96. The van der Waals surface area contributed by atoms with Crippen LogP contribution in [0.2, 0.25) is 0 Å². The number of fused-ring (bicyclic) bond motifs is 1. The molecule has 2 fully saturated rings. The quantitative estimate of drug-likeness (QED) is 0.499. The molecular formula is C30H40N5O4+. The van der Waals surface area contributed by atoms with Crippen LogP contribution in [0.4, 0.5) is 10.5 Å². The molecule has 9 nitrogen and oxygen atoms in total. The van der Waals surface area contributed by atoms with Crippen molar-refractivity contribution in [1.82, 2.24) is 10.2 Å². The van der Waals surface area contributed by atoms with E-state index in [1.165, 1.54) is 0 Å². The van der Waals surface area contributed by atoms with Gasteiger partial charge in [-0.1, -0.05) is 55.5 Å². The second-order valence-electron chi connectivity index (χ2n) is 11.5. The molecule has 0 aliphatic carbocycles. The summed E-state index contributed by atoms with van der Waals surface area (Å²) >= 11 is 0. The zero-order valence-electron chi connectivity index (χ0n) is 22.7. The highest BCUT2D eigenvalue weighted by atomic mass is 16.5. The van der Waals surface area contributed by atoms with Gasteiger partial charge in [-0.2, -0.15) is 0 Å². The van der Waals surface area contributed by atoms with Crippen molar-refractivity contribution < 1.29 is 24.4 Å². The fourth-order valence-electron chi connectivity index (χ4n) is 6.48. The van der Waals surface area contributed by atoms with E-state index in [0.29, 0.717) is 26.1 Å². The van der Waals surface area contributed by atoms with Gasteiger partial charge in [0.1, 0.15) is 6.04 Å². The minimum atomic E-state index is -0.815. The lowest BCUT2D eigenvalue weighted by atomic mass is 9.80. The van der Waals surface area contributed by atoms with Crippen molar-refractivity contribution >= 4 is 23.5 Å². The first-order chi connectivity index (χ1) is 18.8. The van der Waals surface area contributed by atoms with E-state index in [2.05, 4.69) is 10.6 Å². The fraction of sp³-hybridized carbons (Fsp3) is 0.500. The number of carbonyl (C=O) groups is 3. The number of para-hydroxylation sites is 1. The molecule has 0 bridgehead atoms. The first kappa shape index (κ1) is 27.1. The lowest BCUT2D eigenvalue weighted by Gasteiger charge is -2.46. The molecule has 2 aromatic carbocycles. The summed E-state index contributed by atoms with van der Waals surface area (Å²) in [6.07, 6.45) is 3.67. The monoisotopic (exact) mass is 534 g/mol. The van der Waals surface area contributed by atoms with Gasteiger partial charge in [-0.3, -0.25) is 14.5 Å². The molecular weight excluding hydrogens is 494 g/mol. The second-order valence-corrected chi connectivity index (χ2v) is 11.5. The standard InChI is InChI=1S/C30H39N5O4/c1-29(13-15-32-16-14-29)27(37)33-24(20-39-19-22-8-3-2-4-9-22)26(36)34-17-7-12-30(21-34)18-23-10-5-6-11-25(23)35(30)28(31)38/h2-6,8-11,24,32H,7,12-21H2,1H3,(H2,31,38)(H,33,37)/p+1/t24-,30?/m1/s1. The van der Waals surface area contributed by atoms with Gasteiger partial charge in [0.15, 0.2) is 0 Å². The van der Waals surface area contributed by atoms with E-state index in [-0.39, 0.29) is 18.4 Å². The first-order valence-corrected chi connectivity index (χ1v) is 14.0. The van der Waals surface area contributed by atoms with Crippen molar-refractivity contribution in [3.8, 4) is 0 Å². The molecule has 5 N–H and O–H groups in total. The molecule has 3 aliphatic rings. The number of benzene rings is 2. The van der Waals surface area contributed by atoms with E-state index < -0.39 is 23.0 Å². The molecule has 0 saturated carbocycles. The number of nitrogens with one attached hydrogen (secondary N) is 1. The molecule has 3 heterocycles. The lowest BCUT2D eigenvalue weighted by molar-refractivity contribution is -0.666. The molecule has 0 radical (unpaired) electrons. The number of quaternary nitrogens is 1. The molecule has 0 aromatic heterocycles. The number of primary amides is 1. The van der Waals surface area contributed by atoms with Crippen LogP contribution in [0.3, 0.4) is 0 Å². The van der Waals surface area contributed by atoms with Gasteiger partial charge in [-0.05, 0) is 36.5 Å². The third-order valence-corrected chi connectivity index (χ3v) is 8.66. The number of nitrogens with two attached hydrogens (primary N) is 2. The molecule has 208 valence electrons. The number of hydrogen-bond acceptors (Lipinski definition) is 4. The molecule has 3 aliphatic heterocycles. The number of anilines is 1. The van der Waals surface area contributed by atoms with Crippen LogP contribution in [0.25, 0.3) is 0 Å². The maximum absolute atomic E-state index is 14.0. The van der Waals surface area contributed by atoms with Gasteiger partial charge in [0.05, 0.1) is 37.3 Å². The largest absolute Gasteiger partial charge is 0.374 e. The lowest BCUT2D eigenvalue weighted by Crippen LogP contribution is -2.87. The van der Waals surface area contributed by atoms with E-state index in [1.54, 1.807) is 9.80 Å². The van der Waals surface area contributed by atoms with Crippen molar-refractivity contribution in [1.29, 1.82) is 0 Å². The first-order valence-electron chi connectivity index (χ1n) is 14.0. The van der Waals surface area contributed by atoms with Gasteiger partial charge in [0.2, 0.25) is 11.8 Å². The number of hydrogen-bond donors (Lipinski definition) is 3. The van der Waals surface area contributed by atoms with Crippen LogP contribution >= 0.6 is 0 Å². The molecule has 39 heavy (non-hydrogen) atoms. The van der Waals surface area contributed by atoms with Gasteiger partial charge in [-0.15, -0.1) is 0 Å². The number of ether oxygens (including phenoxy) is 1. The van der Waals surface area contributed by atoms with Crippen molar-refractivity contribution in [2.45, 2.75) is 57.2 Å². The van der Waals surface area contributed by atoms with Gasteiger partial charge < -0.3 is 26.0 Å². The Hall–Kier alpha value is -3.43. The molecule has 2 aromatic rings. The predicted octanol–water partition coefficient (Wildman–Crippen LogP) is 1.55. The number of rotatable bonds is 7. The van der Waals surface area contributed by atoms with Crippen LogP contribution in [0.15, 0.2) is 54.6 Å². The summed E-state index contributed by atoms with van der Waals surface area (Å²) in [5.74, 6) is -0.280. The number of carbonyl (C=O) groups excluding carboxylic acids is 3. The summed E-state index contributed by atoms with van der Waals surface area (Å²) in [4.78, 5) is 43.6. The van der Waals surface area contributed by atoms with E-state index >= 15 is 0 Å². The maximum atomic E-state index is 14.0. The normalized spacial score (nSPS) is 22.8. The Kier molecular flexibility index (Phi) is 7.91. The highest BCUT2D eigenvalue weighted by Crippen LogP contribution is 2.43. The molecule has 2 atom stereocenters. The van der Waals surface area contributed by atoms with Crippen molar-refractivity contribution in [3.63, 3.8) is 0 Å². The van der Waals surface area contributed by atoms with Crippen LogP contribution in [-0.4, -0.2) is 67.1 Å². The second kappa shape index (κ2) is 11.4. The zero-order chi connectivity index (χ0) is 27.5. The van der Waals surface area contributed by atoms with Crippen molar-refractivity contribution in [2.75, 3.05) is 37.7 Å². The van der Waals surface area contributed by atoms with E-state index in [4.69, 9.17) is 10.5 Å². The van der Waals surface area contributed by atoms with Gasteiger partial charge in [0.25, 0.3) is 0 Å². The van der Waals surface area contributed by atoms with Crippen LogP contribution in [0, 0.1) is 5.41 Å². The van der Waals surface area contributed by atoms with Crippen LogP contribution in [0.5, 0.6) is 0 Å². The number of piperidine rings is 2. The third kappa shape index (κ3) is 5.65. The smallest absolute Gasteiger partial charge is 0.319 e. The van der Waals surface area contributed by atoms with E-state index in [0.717, 1.165) is 55.6 Å². The van der Waals surface area contributed by atoms with Crippen LogP contribution < -0.4 is 21.3 Å². The topological polar surface area (TPSA) is 122 Å². The van der Waals surface area contributed by atoms with Crippen molar-refractivity contribution in [3.05, 3.63) is 65.7 Å². The van der Waals surface area contributed by atoms with E-state index in [9.17, 15) is 14.4 Å². The average Bonchev–Trinajstić information content (AvgIpc) is 3.25. The molecule has 2 saturated heterocycles. The Bertz CT molecular complexity index is 1200. The molecule has 5 rings (SSSR count). The van der Waals surface area contributed by atoms with Crippen LogP contribution in [-0.2, 0) is 27.4 Å².